The van der Waals surface area contributed by atoms with E-state index in [1.54, 1.807) is 0 Å². The Morgan fingerprint density at radius 1 is 1.43 bits per heavy atom. The average Bonchev–Trinajstić information content (AvgIpc) is 2.18. The van der Waals surface area contributed by atoms with Crippen molar-refractivity contribution in [3.8, 4) is 0 Å². The number of carbonyl (C=O) groups excluding carboxylic acids is 1. The van der Waals surface area contributed by atoms with Gasteiger partial charge in [0.05, 0.1) is 0 Å². The van der Waals surface area contributed by atoms with Crippen LogP contribution in [0, 0.1) is 0 Å². The number of carbonyl (C=O) groups is 1. The molecule has 1 aliphatic rings. The van der Waals surface area contributed by atoms with Gasteiger partial charge in [0.15, 0.2) is 0 Å². The van der Waals surface area contributed by atoms with Gasteiger partial charge in [0.2, 0.25) is 5.91 Å². The molecule has 0 aromatic heterocycles. The van der Waals surface area contributed by atoms with Crippen molar-refractivity contribution in [1.29, 1.82) is 0 Å². The van der Waals surface area contributed by atoms with Crippen molar-refractivity contribution in [2.24, 2.45) is 0 Å². The first-order valence-electron chi connectivity index (χ1n) is 5.15. The third-order valence-electron chi connectivity index (χ3n) is 2.86. The van der Waals surface area contributed by atoms with Crippen LogP contribution in [0.25, 0.3) is 0 Å². The van der Waals surface area contributed by atoms with E-state index in [0.29, 0.717) is 18.3 Å². The first kappa shape index (κ1) is 11.8. The smallest absolute Gasteiger partial charge is 0.223 e. The molecule has 0 N–H and O–H groups in total. The van der Waals surface area contributed by atoms with Crippen molar-refractivity contribution < 1.29 is 4.79 Å². The molecule has 82 valence electrons. The number of alkyl halides is 1. The molecule has 1 aliphatic heterocycles. The summed E-state index contributed by atoms with van der Waals surface area (Å²) in [5.74, 6) is 0.643. The second-order valence-electron chi connectivity index (χ2n) is 4.01. The Bertz CT molecular complexity index is 189. The van der Waals surface area contributed by atoms with E-state index in [1.807, 2.05) is 4.90 Å². The zero-order valence-electron chi connectivity index (χ0n) is 9.00. The summed E-state index contributed by atoms with van der Waals surface area (Å²) in [6, 6.07) is 0.634. The summed E-state index contributed by atoms with van der Waals surface area (Å²) in [4.78, 5) is 15.7. The van der Waals surface area contributed by atoms with Crippen LogP contribution in [0.4, 0.5) is 0 Å². The van der Waals surface area contributed by atoms with Crippen molar-refractivity contribution >= 4 is 17.5 Å². The summed E-state index contributed by atoms with van der Waals surface area (Å²) in [6.07, 6.45) is 2.65. The fourth-order valence-corrected chi connectivity index (χ4v) is 2.03. The fraction of sp³-hybridized carbons (Fsp3) is 0.900. The van der Waals surface area contributed by atoms with Crippen LogP contribution in [0.3, 0.4) is 0 Å². The predicted octanol–water partition coefficient (Wildman–Crippen LogP) is 1.17. The highest BCUT2D eigenvalue weighted by molar-refractivity contribution is 6.18. The van der Waals surface area contributed by atoms with Gasteiger partial charge in [0.1, 0.15) is 0 Å². The summed E-state index contributed by atoms with van der Waals surface area (Å²) in [5, 5.41) is 0. The minimum atomic E-state index is 0.206. The normalized spacial score (nSPS) is 19.0. The third-order valence-corrected chi connectivity index (χ3v) is 3.04. The Kier molecular flexibility index (Phi) is 4.69. The van der Waals surface area contributed by atoms with Crippen LogP contribution < -0.4 is 0 Å². The van der Waals surface area contributed by atoms with Gasteiger partial charge in [-0.05, 0) is 26.9 Å². The molecule has 0 aliphatic carbocycles. The molecule has 0 aromatic rings. The first-order chi connectivity index (χ1) is 6.65. The van der Waals surface area contributed by atoms with Gasteiger partial charge in [-0.25, -0.2) is 0 Å². The Labute approximate surface area is 91.0 Å². The molecule has 3 nitrogen and oxygen atoms in total. The van der Waals surface area contributed by atoms with E-state index >= 15 is 0 Å². The molecular weight excluding hydrogens is 200 g/mol. The molecule has 0 saturated carbocycles. The molecule has 1 rings (SSSR count). The molecule has 0 radical (unpaired) electrons. The molecule has 1 amide bonds. The summed E-state index contributed by atoms with van der Waals surface area (Å²) in [6.45, 7) is 1.77. The molecule has 14 heavy (non-hydrogen) atoms. The zero-order valence-corrected chi connectivity index (χ0v) is 9.76. The topological polar surface area (TPSA) is 23.6 Å². The van der Waals surface area contributed by atoms with Crippen LogP contribution in [-0.2, 0) is 4.79 Å². The summed E-state index contributed by atoms with van der Waals surface area (Å²) < 4.78 is 0. The zero-order chi connectivity index (χ0) is 10.6. The van der Waals surface area contributed by atoms with E-state index in [-0.39, 0.29) is 5.91 Å². The van der Waals surface area contributed by atoms with Gasteiger partial charge in [-0.2, -0.15) is 0 Å². The van der Waals surface area contributed by atoms with Crippen molar-refractivity contribution in [2.75, 3.05) is 33.1 Å². The van der Waals surface area contributed by atoms with Gasteiger partial charge < -0.3 is 9.80 Å². The highest BCUT2D eigenvalue weighted by Gasteiger charge is 2.22. The largest absolute Gasteiger partial charge is 0.343 e. The first-order valence-corrected chi connectivity index (χ1v) is 5.68. The molecular formula is C10H19ClN2O. The van der Waals surface area contributed by atoms with Gasteiger partial charge in [-0.3, -0.25) is 4.79 Å². The monoisotopic (exact) mass is 218 g/mol. The Morgan fingerprint density at radius 2 is 2.00 bits per heavy atom. The van der Waals surface area contributed by atoms with E-state index in [4.69, 9.17) is 11.6 Å². The van der Waals surface area contributed by atoms with Gasteiger partial charge in [0.25, 0.3) is 0 Å². The van der Waals surface area contributed by atoms with E-state index in [1.165, 1.54) is 0 Å². The maximum Gasteiger partial charge on any atom is 0.223 e. The summed E-state index contributed by atoms with van der Waals surface area (Å²) >= 11 is 5.54. The van der Waals surface area contributed by atoms with Gasteiger partial charge in [0, 0.05) is 31.4 Å². The Morgan fingerprint density at radius 3 is 2.43 bits per heavy atom. The molecule has 0 bridgehead atoms. The van der Waals surface area contributed by atoms with Crippen molar-refractivity contribution in [1.82, 2.24) is 9.80 Å². The molecule has 0 spiro atoms. The predicted molar refractivity (Wildman–Crippen MR) is 58.6 cm³/mol. The van der Waals surface area contributed by atoms with Crippen LogP contribution in [0.5, 0.6) is 0 Å². The van der Waals surface area contributed by atoms with E-state index in [0.717, 1.165) is 25.9 Å². The number of rotatable bonds is 3. The minimum Gasteiger partial charge on any atom is -0.343 e. The molecule has 1 saturated heterocycles. The standard InChI is InChI=1S/C10H19ClN2O/c1-12(2)9-4-7-13(8-5-9)10(14)3-6-11/h9H,3-8H2,1-2H3. The number of likely N-dealkylation sites (tertiary alicyclic amines) is 1. The highest BCUT2D eigenvalue weighted by Crippen LogP contribution is 2.14. The molecule has 1 heterocycles. The van der Waals surface area contributed by atoms with Crippen LogP contribution >= 0.6 is 11.6 Å². The molecule has 4 heteroatoms. The lowest BCUT2D eigenvalue weighted by atomic mass is 10.0. The van der Waals surface area contributed by atoms with Crippen LogP contribution in [-0.4, -0.2) is 54.8 Å². The summed E-state index contributed by atoms with van der Waals surface area (Å²) in [7, 11) is 4.20. The van der Waals surface area contributed by atoms with Crippen LogP contribution in [0.1, 0.15) is 19.3 Å². The minimum absolute atomic E-state index is 0.206. The van der Waals surface area contributed by atoms with E-state index in [9.17, 15) is 4.79 Å². The SMILES string of the molecule is CN(C)C1CCN(C(=O)CCCl)CC1. The number of hydrogen-bond acceptors (Lipinski definition) is 2. The van der Waals surface area contributed by atoms with Crippen LogP contribution in [0.15, 0.2) is 0 Å². The van der Waals surface area contributed by atoms with E-state index in [2.05, 4.69) is 19.0 Å². The third kappa shape index (κ3) is 3.14. The molecule has 1 fully saturated rings. The van der Waals surface area contributed by atoms with E-state index < -0.39 is 0 Å². The van der Waals surface area contributed by atoms with Gasteiger partial charge in [-0.1, -0.05) is 0 Å². The fourth-order valence-electron chi connectivity index (χ4n) is 1.87. The lowest BCUT2D eigenvalue weighted by Crippen LogP contribution is -2.44. The second kappa shape index (κ2) is 5.56. The number of halogens is 1. The van der Waals surface area contributed by atoms with Crippen molar-refractivity contribution in [2.45, 2.75) is 25.3 Å². The lowest BCUT2D eigenvalue weighted by Gasteiger charge is -2.35. The highest BCUT2D eigenvalue weighted by atomic mass is 35.5. The van der Waals surface area contributed by atoms with Crippen molar-refractivity contribution in [3.63, 3.8) is 0 Å². The molecule has 0 atom stereocenters. The Balaban J connectivity index is 2.31. The number of nitrogens with zero attached hydrogens (tertiary/aromatic N) is 2. The lowest BCUT2D eigenvalue weighted by molar-refractivity contribution is -0.132. The number of hydrogen-bond donors (Lipinski definition) is 0. The number of amides is 1. The Hall–Kier alpha value is -0.280. The van der Waals surface area contributed by atoms with Crippen LogP contribution in [0.2, 0.25) is 0 Å². The average molecular weight is 219 g/mol. The second-order valence-corrected chi connectivity index (χ2v) is 4.39. The molecule has 0 aromatic carbocycles. The maximum absolute atomic E-state index is 11.5. The maximum atomic E-state index is 11.5. The molecule has 0 unspecified atom stereocenters. The quantitative estimate of drug-likeness (QED) is 0.664. The summed E-state index contributed by atoms with van der Waals surface area (Å²) in [5.41, 5.74) is 0. The van der Waals surface area contributed by atoms with Crippen molar-refractivity contribution in [3.05, 3.63) is 0 Å². The number of piperidine rings is 1. The van der Waals surface area contributed by atoms with Gasteiger partial charge >= 0.3 is 0 Å². The van der Waals surface area contributed by atoms with Gasteiger partial charge in [-0.15, -0.1) is 11.6 Å².